The van der Waals surface area contributed by atoms with Crippen LogP contribution in [0.25, 0.3) is 0 Å². The highest BCUT2D eigenvalue weighted by Gasteiger charge is 2.22. The highest BCUT2D eigenvalue weighted by atomic mass is 35.5. The lowest BCUT2D eigenvalue weighted by Crippen LogP contribution is -2.14. The predicted molar refractivity (Wildman–Crippen MR) is 109 cm³/mol. The average molecular weight is 404 g/mol. The van der Waals surface area contributed by atoms with Crippen LogP contribution >= 0.6 is 11.6 Å². The van der Waals surface area contributed by atoms with E-state index in [9.17, 15) is 0 Å². The van der Waals surface area contributed by atoms with Gasteiger partial charge >= 0.3 is 0 Å². The SMILES string of the molecule is CCOc1cc2c(cc1CNCc1cc(Cl)c3c(c1)OCCCO3)OC(C)C2. The van der Waals surface area contributed by atoms with Crippen LogP contribution in [0, 0.1) is 0 Å². The molecule has 0 fully saturated rings. The number of halogens is 1. The molecule has 2 aromatic rings. The molecule has 2 aromatic carbocycles. The van der Waals surface area contributed by atoms with Gasteiger partial charge in [-0.3, -0.25) is 0 Å². The molecule has 0 aromatic heterocycles. The van der Waals surface area contributed by atoms with Crippen LogP contribution in [0.15, 0.2) is 24.3 Å². The minimum absolute atomic E-state index is 0.219. The van der Waals surface area contributed by atoms with Crippen molar-refractivity contribution in [1.82, 2.24) is 5.32 Å². The molecule has 0 spiro atoms. The fourth-order valence-corrected chi connectivity index (χ4v) is 3.93. The number of fused-ring (bicyclic) bond motifs is 2. The molecular weight excluding hydrogens is 378 g/mol. The molecular formula is C22H26ClNO4. The van der Waals surface area contributed by atoms with Gasteiger partial charge in [0.2, 0.25) is 0 Å². The smallest absolute Gasteiger partial charge is 0.179 e. The number of rotatable bonds is 6. The van der Waals surface area contributed by atoms with Crippen LogP contribution in [-0.4, -0.2) is 25.9 Å². The molecule has 150 valence electrons. The maximum absolute atomic E-state index is 6.39. The van der Waals surface area contributed by atoms with Crippen LogP contribution < -0.4 is 24.3 Å². The second kappa shape index (κ2) is 8.50. The van der Waals surface area contributed by atoms with Gasteiger partial charge in [0.1, 0.15) is 17.6 Å². The van der Waals surface area contributed by atoms with E-state index in [-0.39, 0.29) is 6.10 Å². The Morgan fingerprint density at radius 2 is 1.96 bits per heavy atom. The van der Waals surface area contributed by atoms with Crippen molar-refractivity contribution >= 4 is 11.6 Å². The zero-order chi connectivity index (χ0) is 19.5. The maximum atomic E-state index is 6.39. The number of ether oxygens (including phenoxy) is 4. The van der Waals surface area contributed by atoms with Crippen molar-refractivity contribution in [1.29, 1.82) is 0 Å². The van der Waals surface area contributed by atoms with Crippen molar-refractivity contribution in [2.75, 3.05) is 19.8 Å². The Hall–Kier alpha value is -2.11. The molecule has 0 radical (unpaired) electrons. The molecule has 0 saturated heterocycles. The molecule has 0 aliphatic carbocycles. The van der Waals surface area contributed by atoms with Crippen molar-refractivity contribution in [2.45, 2.75) is 45.9 Å². The highest BCUT2D eigenvalue weighted by Crippen LogP contribution is 2.38. The number of hydrogen-bond acceptors (Lipinski definition) is 5. The molecule has 0 saturated carbocycles. The summed E-state index contributed by atoms with van der Waals surface area (Å²) < 4.78 is 23.2. The second-order valence-corrected chi connectivity index (χ2v) is 7.60. The lowest BCUT2D eigenvalue weighted by atomic mass is 10.1. The first-order valence-corrected chi connectivity index (χ1v) is 10.3. The molecule has 28 heavy (non-hydrogen) atoms. The topological polar surface area (TPSA) is 49.0 Å². The van der Waals surface area contributed by atoms with Crippen molar-refractivity contribution in [2.24, 2.45) is 0 Å². The van der Waals surface area contributed by atoms with E-state index in [2.05, 4.69) is 24.4 Å². The number of benzene rings is 2. The first-order chi connectivity index (χ1) is 13.6. The minimum Gasteiger partial charge on any atom is -0.494 e. The first kappa shape index (κ1) is 19.2. The number of hydrogen-bond donors (Lipinski definition) is 1. The first-order valence-electron chi connectivity index (χ1n) is 9.88. The molecule has 2 heterocycles. The maximum Gasteiger partial charge on any atom is 0.179 e. The monoisotopic (exact) mass is 403 g/mol. The highest BCUT2D eigenvalue weighted by molar-refractivity contribution is 6.32. The van der Waals surface area contributed by atoms with Crippen molar-refractivity contribution in [3.63, 3.8) is 0 Å². The van der Waals surface area contributed by atoms with E-state index in [4.69, 9.17) is 30.5 Å². The van der Waals surface area contributed by atoms with Gasteiger partial charge in [-0.15, -0.1) is 0 Å². The van der Waals surface area contributed by atoms with Gasteiger partial charge in [-0.25, -0.2) is 0 Å². The Kier molecular flexibility index (Phi) is 5.83. The van der Waals surface area contributed by atoms with Gasteiger partial charge in [0, 0.05) is 37.1 Å². The molecule has 1 unspecified atom stereocenters. The summed E-state index contributed by atoms with van der Waals surface area (Å²) in [4.78, 5) is 0. The van der Waals surface area contributed by atoms with Gasteiger partial charge in [0.15, 0.2) is 11.5 Å². The van der Waals surface area contributed by atoms with E-state index < -0.39 is 0 Å². The Balaban J connectivity index is 1.46. The Bertz CT molecular complexity index is 855. The van der Waals surface area contributed by atoms with E-state index >= 15 is 0 Å². The molecule has 0 bridgehead atoms. The lowest BCUT2D eigenvalue weighted by molar-refractivity contribution is 0.254. The van der Waals surface area contributed by atoms with Gasteiger partial charge in [0.25, 0.3) is 0 Å². The second-order valence-electron chi connectivity index (χ2n) is 7.19. The van der Waals surface area contributed by atoms with Crippen LogP contribution in [-0.2, 0) is 19.5 Å². The van der Waals surface area contributed by atoms with Crippen LogP contribution in [0.2, 0.25) is 5.02 Å². The fraction of sp³-hybridized carbons (Fsp3) is 0.455. The molecule has 5 nitrogen and oxygen atoms in total. The van der Waals surface area contributed by atoms with Gasteiger partial charge < -0.3 is 24.3 Å². The molecule has 0 amide bonds. The van der Waals surface area contributed by atoms with E-state index in [1.165, 1.54) is 5.56 Å². The number of nitrogens with one attached hydrogen (secondary N) is 1. The summed E-state index contributed by atoms with van der Waals surface area (Å²) in [6, 6.07) is 8.14. The third-order valence-corrected chi connectivity index (χ3v) is 5.17. The fourth-order valence-electron chi connectivity index (χ4n) is 3.64. The van der Waals surface area contributed by atoms with Gasteiger partial charge in [0.05, 0.1) is 24.8 Å². The molecule has 1 N–H and O–H groups in total. The summed E-state index contributed by atoms with van der Waals surface area (Å²) >= 11 is 6.39. The van der Waals surface area contributed by atoms with Gasteiger partial charge in [-0.1, -0.05) is 11.6 Å². The largest absolute Gasteiger partial charge is 0.494 e. The van der Waals surface area contributed by atoms with Crippen LogP contribution in [0.5, 0.6) is 23.0 Å². The quantitative estimate of drug-likeness (QED) is 0.768. The lowest BCUT2D eigenvalue weighted by Gasteiger charge is -2.14. The Labute approximate surface area is 170 Å². The molecule has 1 atom stereocenters. The summed E-state index contributed by atoms with van der Waals surface area (Å²) in [5, 5.41) is 4.07. The summed E-state index contributed by atoms with van der Waals surface area (Å²) in [5.74, 6) is 3.25. The zero-order valence-corrected chi connectivity index (χ0v) is 17.1. The summed E-state index contributed by atoms with van der Waals surface area (Å²) in [6.07, 6.45) is 2.01. The average Bonchev–Trinajstić information content (AvgIpc) is 2.86. The van der Waals surface area contributed by atoms with Gasteiger partial charge in [-0.05, 0) is 43.7 Å². The predicted octanol–water partition coefficient (Wildman–Crippen LogP) is 4.51. The van der Waals surface area contributed by atoms with Crippen molar-refractivity contribution in [3.8, 4) is 23.0 Å². The third-order valence-electron chi connectivity index (χ3n) is 4.89. The van der Waals surface area contributed by atoms with E-state index in [1.807, 2.05) is 19.1 Å². The van der Waals surface area contributed by atoms with E-state index in [0.29, 0.717) is 43.7 Å². The van der Waals surface area contributed by atoms with E-state index in [0.717, 1.165) is 41.2 Å². The summed E-state index contributed by atoms with van der Waals surface area (Å²) in [6.45, 7) is 7.34. The normalized spacial score (nSPS) is 17.6. The van der Waals surface area contributed by atoms with Crippen LogP contribution in [0.4, 0.5) is 0 Å². The Morgan fingerprint density at radius 3 is 2.82 bits per heavy atom. The summed E-state index contributed by atoms with van der Waals surface area (Å²) in [5.41, 5.74) is 3.36. The van der Waals surface area contributed by atoms with Crippen molar-refractivity contribution in [3.05, 3.63) is 46.0 Å². The van der Waals surface area contributed by atoms with Gasteiger partial charge in [-0.2, -0.15) is 0 Å². The standard InChI is InChI=1S/C22H26ClNO4/c1-3-25-19-10-16-7-14(2)28-20(16)11-17(19)13-24-12-15-8-18(23)22-21(9-15)26-5-4-6-27-22/h8-11,14,24H,3-7,12-13H2,1-2H3. The van der Waals surface area contributed by atoms with Crippen LogP contribution in [0.1, 0.15) is 37.0 Å². The molecule has 6 heteroatoms. The third kappa shape index (κ3) is 4.15. The van der Waals surface area contributed by atoms with Crippen molar-refractivity contribution < 1.29 is 18.9 Å². The zero-order valence-electron chi connectivity index (χ0n) is 16.3. The van der Waals surface area contributed by atoms with E-state index in [1.54, 1.807) is 0 Å². The minimum atomic E-state index is 0.219. The Morgan fingerprint density at radius 1 is 1.11 bits per heavy atom. The molecule has 2 aliphatic rings. The molecule has 2 aliphatic heterocycles. The molecule has 4 rings (SSSR count). The van der Waals surface area contributed by atoms with Crippen LogP contribution in [0.3, 0.4) is 0 Å². The summed E-state index contributed by atoms with van der Waals surface area (Å²) in [7, 11) is 0.